The first-order valence-corrected chi connectivity index (χ1v) is 6.29. The van der Waals surface area contributed by atoms with E-state index in [-0.39, 0.29) is 5.82 Å². The highest BCUT2D eigenvalue weighted by molar-refractivity contribution is 5.99. The van der Waals surface area contributed by atoms with Gasteiger partial charge in [0.1, 0.15) is 5.82 Å². The number of carbonyl (C=O) groups excluding carboxylic acids is 1. The Bertz CT molecular complexity index is 642. The summed E-state index contributed by atoms with van der Waals surface area (Å²) < 4.78 is 13.4. The van der Waals surface area contributed by atoms with E-state index in [2.05, 4.69) is 20.6 Å². The molecule has 110 valence electrons. The molecule has 2 rings (SSSR count). The van der Waals surface area contributed by atoms with Gasteiger partial charge in [-0.25, -0.2) is 19.2 Å². The fourth-order valence-corrected chi connectivity index (χ4v) is 1.58. The van der Waals surface area contributed by atoms with Gasteiger partial charge in [-0.15, -0.1) is 0 Å². The van der Waals surface area contributed by atoms with E-state index >= 15 is 0 Å². The highest BCUT2D eigenvalue weighted by Crippen LogP contribution is 2.14. The SMILES string of the molecule is Cc1ccc(NC(=O)Nc2cnc(N(C)C)nc2)cc1F. The first-order valence-electron chi connectivity index (χ1n) is 6.29. The van der Waals surface area contributed by atoms with Gasteiger partial charge in [-0.2, -0.15) is 0 Å². The summed E-state index contributed by atoms with van der Waals surface area (Å²) in [4.78, 5) is 21.7. The Balaban J connectivity index is 1.99. The number of aromatic nitrogens is 2. The zero-order chi connectivity index (χ0) is 15.4. The molecule has 0 saturated carbocycles. The molecule has 2 amide bonds. The molecule has 0 aliphatic rings. The summed E-state index contributed by atoms with van der Waals surface area (Å²) in [5.74, 6) is 0.174. The highest BCUT2D eigenvalue weighted by atomic mass is 19.1. The second-order valence-electron chi connectivity index (χ2n) is 4.71. The molecule has 21 heavy (non-hydrogen) atoms. The van der Waals surface area contributed by atoms with Crippen LogP contribution in [-0.2, 0) is 0 Å². The topological polar surface area (TPSA) is 70.2 Å². The zero-order valence-electron chi connectivity index (χ0n) is 12.0. The van der Waals surface area contributed by atoms with Crippen LogP contribution >= 0.6 is 0 Å². The number of benzene rings is 1. The fourth-order valence-electron chi connectivity index (χ4n) is 1.58. The van der Waals surface area contributed by atoms with Gasteiger partial charge in [-0.1, -0.05) is 6.07 Å². The molecule has 1 aromatic heterocycles. The van der Waals surface area contributed by atoms with Crippen LogP contribution in [0.2, 0.25) is 0 Å². The Morgan fingerprint density at radius 2 is 1.76 bits per heavy atom. The molecule has 0 radical (unpaired) electrons. The average molecular weight is 289 g/mol. The van der Waals surface area contributed by atoms with Crippen LogP contribution in [0.15, 0.2) is 30.6 Å². The van der Waals surface area contributed by atoms with Crippen molar-refractivity contribution in [2.45, 2.75) is 6.92 Å². The largest absolute Gasteiger partial charge is 0.347 e. The third-order valence-corrected chi connectivity index (χ3v) is 2.73. The van der Waals surface area contributed by atoms with Gasteiger partial charge >= 0.3 is 6.03 Å². The lowest BCUT2D eigenvalue weighted by molar-refractivity contribution is 0.262. The van der Waals surface area contributed by atoms with E-state index in [0.717, 1.165) is 0 Å². The van der Waals surface area contributed by atoms with Crippen LogP contribution in [-0.4, -0.2) is 30.1 Å². The summed E-state index contributed by atoms with van der Waals surface area (Å²) in [7, 11) is 3.64. The Kier molecular flexibility index (Phi) is 4.32. The van der Waals surface area contributed by atoms with Crippen molar-refractivity contribution >= 4 is 23.4 Å². The number of hydrogen-bond acceptors (Lipinski definition) is 4. The van der Waals surface area contributed by atoms with Crippen LogP contribution in [0.5, 0.6) is 0 Å². The fraction of sp³-hybridized carbons (Fsp3) is 0.214. The third-order valence-electron chi connectivity index (χ3n) is 2.73. The summed E-state index contributed by atoms with van der Waals surface area (Å²) >= 11 is 0. The highest BCUT2D eigenvalue weighted by Gasteiger charge is 2.06. The molecule has 2 N–H and O–H groups in total. The number of hydrogen-bond donors (Lipinski definition) is 2. The summed E-state index contributed by atoms with van der Waals surface area (Å²) in [6.45, 7) is 1.66. The molecule has 0 atom stereocenters. The van der Waals surface area contributed by atoms with Gasteiger partial charge in [0.05, 0.1) is 18.1 Å². The van der Waals surface area contributed by atoms with E-state index < -0.39 is 6.03 Å². The molecule has 0 spiro atoms. The van der Waals surface area contributed by atoms with Crippen LogP contribution in [0, 0.1) is 12.7 Å². The Morgan fingerprint density at radius 3 is 2.33 bits per heavy atom. The van der Waals surface area contributed by atoms with E-state index in [1.54, 1.807) is 24.0 Å². The second-order valence-corrected chi connectivity index (χ2v) is 4.71. The zero-order valence-corrected chi connectivity index (χ0v) is 12.0. The van der Waals surface area contributed by atoms with Gasteiger partial charge in [0, 0.05) is 19.8 Å². The van der Waals surface area contributed by atoms with Crippen molar-refractivity contribution in [2.75, 3.05) is 29.6 Å². The third kappa shape index (κ3) is 3.88. The lowest BCUT2D eigenvalue weighted by atomic mass is 10.2. The monoisotopic (exact) mass is 289 g/mol. The van der Waals surface area contributed by atoms with Crippen LogP contribution in [0.1, 0.15) is 5.56 Å². The molecule has 6 nitrogen and oxygen atoms in total. The minimum absolute atomic E-state index is 0.369. The van der Waals surface area contributed by atoms with Gasteiger partial charge in [0.2, 0.25) is 5.95 Å². The van der Waals surface area contributed by atoms with Gasteiger partial charge in [-0.05, 0) is 24.6 Å². The van der Waals surface area contributed by atoms with Gasteiger partial charge in [-0.3, -0.25) is 0 Å². The van der Waals surface area contributed by atoms with E-state index in [1.165, 1.54) is 18.5 Å². The molecule has 0 aliphatic heterocycles. The van der Waals surface area contributed by atoms with E-state index in [1.807, 2.05) is 14.1 Å². The molecule has 0 fully saturated rings. The number of urea groups is 1. The normalized spacial score (nSPS) is 10.1. The van der Waals surface area contributed by atoms with Crippen LogP contribution < -0.4 is 15.5 Å². The van der Waals surface area contributed by atoms with E-state index in [9.17, 15) is 9.18 Å². The maximum atomic E-state index is 13.4. The minimum atomic E-state index is -0.487. The van der Waals surface area contributed by atoms with E-state index in [4.69, 9.17) is 0 Å². The molecular formula is C14H16FN5O. The summed E-state index contributed by atoms with van der Waals surface area (Å²) in [5, 5.41) is 5.11. The van der Waals surface area contributed by atoms with Crippen molar-refractivity contribution in [3.63, 3.8) is 0 Å². The van der Waals surface area contributed by atoms with Crippen molar-refractivity contribution in [3.05, 3.63) is 42.0 Å². The lowest BCUT2D eigenvalue weighted by Crippen LogP contribution is -2.20. The van der Waals surface area contributed by atoms with Crippen molar-refractivity contribution in [3.8, 4) is 0 Å². The van der Waals surface area contributed by atoms with Crippen LogP contribution in [0.3, 0.4) is 0 Å². The molecule has 1 aromatic carbocycles. The molecule has 2 aromatic rings. The number of carbonyl (C=O) groups is 1. The number of rotatable bonds is 3. The first kappa shape index (κ1) is 14.7. The van der Waals surface area contributed by atoms with Gasteiger partial charge in [0.15, 0.2) is 0 Å². The average Bonchev–Trinajstić information content (AvgIpc) is 2.43. The van der Waals surface area contributed by atoms with Gasteiger partial charge in [0.25, 0.3) is 0 Å². The van der Waals surface area contributed by atoms with Crippen molar-refractivity contribution in [1.82, 2.24) is 9.97 Å². The van der Waals surface area contributed by atoms with Crippen molar-refractivity contribution in [1.29, 1.82) is 0 Å². The summed E-state index contributed by atoms with van der Waals surface area (Å²) in [6.07, 6.45) is 3.00. The maximum absolute atomic E-state index is 13.4. The number of amides is 2. The number of nitrogens with one attached hydrogen (secondary N) is 2. The smallest absolute Gasteiger partial charge is 0.323 e. The number of halogens is 1. The van der Waals surface area contributed by atoms with E-state index in [0.29, 0.717) is 22.9 Å². The van der Waals surface area contributed by atoms with Crippen LogP contribution in [0.4, 0.5) is 26.5 Å². The molecule has 0 saturated heterocycles. The maximum Gasteiger partial charge on any atom is 0.323 e. The van der Waals surface area contributed by atoms with Crippen molar-refractivity contribution in [2.24, 2.45) is 0 Å². The molecular weight excluding hydrogens is 273 g/mol. The standard InChI is InChI=1S/C14H16FN5O/c1-9-4-5-10(6-12(9)15)18-14(21)19-11-7-16-13(17-8-11)20(2)3/h4-8H,1-3H3,(H2,18,19,21). The predicted octanol–water partition coefficient (Wildman–Crippen LogP) is 2.63. The first-order chi connectivity index (χ1) is 9.95. The summed E-state index contributed by atoms with van der Waals surface area (Å²) in [6, 6.07) is 4.00. The second kappa shape index (κ2) is 6.17. The Labute approximate surface area is 122 Å². The summed E-state index contributed by atoms with van der Waals surface area (Å²) in [5.41, 5.74) is 1.35. The lowest BCUT2D eigenvalue weighted by Gasteiger charge is -2.11. The number of anilines is 3. The van der Waals surface area contributed by atoms with Crippen molar-refractivity contribution < 1.29 is 9.18 Å². The Hall–Kier alpha value is -2.70. The Morgan fingerprint density at radius 1 is 1.14 bits per heavy atom. The number of nitrogens with zero attached hydrogens (tertiary/aromatic N) is 3. The molecule has 0 unspecified atom stereocenters. The quantitative estimate of drug-likeness (QED) is 0.911. The molecule has 7 heteroatoms. The predicted molar refractivity (Wildman–Crippen MR) is 80.1 cm³/mol. The number of aryl methyl sites for hydroxylation is 1. The molecule has 0 bridgehead atoms. The van der Waals surface area contributed by atoms with Gasteiger partial charge < -0.3 is 15.5 Å². The van der Waals surface area contributed by atoms with Crippen LogP contribution in [0.25, 0.3) is 0 Å². The molecule has 1 heterocycles. The molecule has 0 aliphatic carbocycles. The minimum Gasteiger partial charge on any atom is -0.347 e.